The van der Waals surface area contributed by atoms with E-state index in [0.717, 1.165) is 18.3 Å². The van der Waals surface area contributed by atoms with Crippen LogP contribution in [-0.4, -0.2) is 17.1 Å². The third kappa shape index (κ3) is 3.49. The van der Waals surface area contributed by atoms with Crippen LogP contribution >= 0.6 is 0 Å². The minimum absolute atomic E-state index is 0.0838. The number of halogens is 5. The van der Waals surface area contributed by atoms with Gasteiger partial charge in [-0.05, 0) is 24.3 Å². The van der Waals surface area contributed by atoms with E-state index in [1.165, 1.54) is 19.4 Å². The maximum absolute atomic E-state index is 14.2. The molecule has 8 heteroatoms. The first kappa shape index (κ1) is 17.8. The van der Waals surface area contributed by atoms with Crippen molar-refractivity contribution in [3.63, 3.8) is 0 Å². The van der Waals surface area contributed by atoms with E-state index >= 15 is 0 Å². The Morgan fingerprint density at radius 1 is 0.808 bits per heavy atom. The molecule has 0 aliphatic carbocycles. The van der Waals surface area contributed by atoms with Gasteiger partial charge in [0.05, 0.1) is 24.1 Å². The second kappa shape index (κ2) is 6.70. The predicted molar refractivity (Wildman–Crippen MR) is 84.4 cm³/mol. The van der Waals surface area contributed by atoms with Crippen LogP contribution in [0.15, 0.2) is 48.8 Å². The number of methoxy groups -OCH3 is 1. The maximum atomic E-state index is 14.2. The number of nitrogens with zero attached hydrogens (tertiary/aromatic N) is 2. The van der Waals surface area contributed by atoms with Gasteiger partial charge in [-0.3, -0.25) is 9.97 Å². The van der Waals surface area contributed by atoms with E-state index in [1.54, 1.807) is 6.07 Å². The number of ether oxygens (including phenoxy) is 1. The van der Waals surface area contributed by atoms with Gasteiger partial charge in [-0.2, -0.15) is 13.2 Å². The van der Waals surface area contributed by atoms with E-state index in [4.69, 9.17) is 4.74 Å². The molecule has 134 valence electrons. The monoisotopic (exact) mass is 366 g/mol. The Hall–Kier alpha value is -3.03. The first-order chi connectivity index (χ1) is 12.3. The SMILES string of the molecule is COc1ccnc(-c2cc(-c3cc(C(F)(F)F)ccn3)c(F)cc2F)c1. The lowest BCUT2D eigenvalue weighted by molar-refractivity contribution is -0.137. The Morgan fingerprint density at radius 3 is 1.96 bits per heavy atom. The highest BCUT2D eigenvalue weighted by atomic mass is 19.4. The molecule has 0 N–H and O–H groups in total. The van der Waals surface area contributed by atoms with Gasteiger partial charge >= 0.3 is 6.18 Å². The summed E-state index contributed by atoms with van der Waals surface area (Å²) >= 11 is 0. The van der Waals surface area contributed by atoms with Gasteiger partial charge in [0.25, 0.3) is 0 Å². The van der Waals surface area contributed by atoms with Crippen molar-refractivity contribution in [2.45, 2.75) is 6.18 Å². The summed E-state index contributed by atoms with van der Waals surface area (Å²) in [7, 11) is 1.41. The van der Waals surface area contributed by atoms with Gasteiger partial charge in [0.2, 0.25) is 0 Å². The smallest absolute Gasteiger partial charge is 0.416 e. The van der Waals surface area contributed by atoms with Crippen LogP contribution in [0.5, 0.6) is 5.75 Å². The van der Waals surface area contributed by atoms with Crippen molar-refractivity contribution < 1.29 is 26.7 Å². The molecule has 0 bridgehead atoms. The van der Waals surface area contributed by atoms with Gasteiger partial charge in [-0.15, -0.1) is 0 Å². The highest BCUT2D eigenvalue weighted by Gasteiger charge is 2.31. The first-order valence-electron chi connectivity index (χ1n) is 7.32. The molecule has 26 heavy (non-hydrogen) atoms. The van der Waals surface area contributed by atoms with Crippen molar-refractivity contribution in [1.29, 1.82) is 0 Å². The first-order valence-corrected chi connectivity index (χ1v) is 7.32. The molecule has 3 aromatic rings. The molecule has 0 saturated carbocycles. The van der Waals surface area contributed by atoms with Crippen LogP contribution in [0.3, 0.4) is 0 Å². The quantitative estimate of drug-likeness (QED) is 0.604. The molecule has 3 rings (SSSR count). The Labute approximate surface area is 145 Å². The molecule has 0 fully saturated rings. The molecule has 0 amide bonds. The zero-order valence-electron chi connectivity index (χ0n) is 13.3. The molecule has 0 spiro atoms. The predicted octanol–water partition coefficient (Wildman–Crippen LogP) is 5.12. The lowest BCUT2D eigenvalue weighted by atomic mass is 10.0. The molecule has 0 aliphatic heterocycles. The Kier molecular flexibility index (Phi) is 4.58. The van der Waals surface area contributed by atoms with E-state index < -0.39 is 23.4 Å². The van der Waals surface area contributed by atoms with Crippen LogP contribution in [0.4, 0.5) is 22.0 Å². The highest BCUT2D eigenvalue weighted by Crippen LogP contribution is 2.34. The van der Waals surface area contributed by atoms with Crippen molar-refractivity contribution in [2.24, 2.45) is 0 Å². The summed E-state index contributed by atoms with van der Waals surface area (Å²) in [5.41, 5.74) is -1.44. The van der Waals surface area contributed by atoms with Gasteiger partial charge in [0.1, 0.15) is 17.4 Å². The molecule has 0 aliphatic rings. The fourth-order valence-electron chi connectivity index (χ4n) is 2.38. The zero-order chi connectivity index (χ0) is 18.9. The average molecular weight is 366 g/mol. The molecule has 1 aromatic carbocycles. The van der Waals surface area contributed by atoms with Crippen LogP contribution in [-0.2, 0) is 6.18 Å². The van der Waals surface area contributed by atoms with Crippen LogP contribution < -0.4 is 4.74 Å². The highest BCUT2D eigenvalue weighted by molar-refractivity contribution is 5.71. The third-order valence-corrected chi connectivity index (χ3v) is 3.66. The number of hydrogen-bond acceptors (Lipinski definition) is 3. The van der Waals surface area contributed by atoms with E-state index in [9.17, 15) is 22.0 Å². The van der Waals surface area contributed by atoms with Crippen LogP contribution in [0, 0.1) is 11.6 Å². The summed E-state index contributed by atoms with van der Waals surface area (Å²) in [5.74, 6) is -1.53. The fourth-order valence-corrected chi connectivity index (χ4v) is 2.38. The van der Waals surface area contributed by atoms with Crippen molar-refractivity contribution in [1.82, 2.24) is 9.97 Å². The minimum Gasteiger partial charge on any atom is -0.497 e. The molecule has 0 saturated heterocycles. The van der Waals surface area contributed by atoms with E-state index in [0.29, 0.717) is 17.9 Å². The Balaban J connectivity index is 2.15. The minimum atomic E-state index is -4.61. The second-order valence-electron chi connectivity index (χ2n) is 5.32. The lowest BCUT2D eigenvalue weighted by Crippen LogP contribution is -2.05. The number of rotatable bonds is 3. The van der Waals surface area contributed by atoms with Gasteiger partial charge in [0, 0.05) is 35.7 Å². The van der Waals surface area contributed by atoms with Gasteiger partial charge in [0.15, 0.2) is 0 Å². The summed E-state index contributed by atoms with van der Waals surface area (Å²) in [4.78, 5) is 7.77. The molecule has 3 nitrogen and oxygen atoms in total. The average Bonchev–Trinajstić information content (AvgIpc) is 2.61. The molecule has 0 radical (unpaired) electrons. The van der Waals surface area contributed by atoms with Gasteiger partial charge < -0.3 is 4.74 Å². The zero-order valence-corrected chi connectivity index (χ0v) is 13.3. The summed E-state index contributed by atoms with van der Waals surface area (Å²) in [5, 5.41) is 0. The standard InChI is InChI=1S/C18H11F5N2O/c1-26-11-3-5-25-17(7-11)13-8-12(14(19)9-15(13)20)16-6-10(2-4-24-16)18(21,22)23/h2-9H,1H3. The van der Waals surface area contributed by atoms with Crippen LogP contribution in [0.2, 0.25) is 0 Å². The topological polar surface area (TPSA) is 35.0 Å². The number of hydrogen-bond donors (Lipinski definition) is 0. The molecule has 0 unspecified atom stereocenters. The van der Waals surface area contributed by atoms with E-state index in [-0.39, 0.29) is 22.5 Å². The number of benzene rings is 1. The largest absolute Gasteiger partial charge is 0.497 e. The lowest BCUT2D eigenvalue weighted by Gasteiger charge is -2.11. The maximum Gasteiger partial charge on any atom is 0.416 e. The Bertz CT molecular complexity index is 957. The van der Waals surface area contributed by atoms with E-state index in [1.807, 2.05) is 0 Å². The van der Waals surface area contributed by atoms with Crippen molar-refractivity contribution in [3.05, 3.63) is 66.0 Å². The number of aromatic nitrogens is 2. The van der Waals surface area contributed by atoms with Gasteiger partial charge in [-0.1, -0.05) is 0 Å². The molecule has 2 heterocycles. The third-order valence-electron chi connectivity index (χ3n) is 3.66. The van der Waals surface area contributed by atoms with Crippen molar-refractivity contribution >= 4 is 0 Å². The van der Waals surface area contributed by atoms with Crippen molar-refractivity contribution in [2.75, 3.05) is 7.11 Å². The summed E-state index contributed by atoms with van der Waals surface area (Å²) in [6.45, 7) is 0. The normalized spacial score (nSPS) is 11.5. The number of pyridine rings is 2. The summed E-state index contributed by atoms with van der Waals surface area (Å²) in [6.07, 6.45) is -2.31. The van der Waals surface area contributed by atoms with Crippen molar-refractivity contribution in [3.8, 4) is 28.3 Å². The molecular formula is C18H11F5N2O. The van der Waals surface area contributed by atoms with E-state index in [2.05, 4.69) is 9.97 Å². The summed E-state index contributed by atoms with van der Waals surface area (Å²) < 4.78 is 72.1. The van der Waals surface area contributed by atoms with Crippen LogP contribution in [0.1, 0.15) is 5.56 Å². The number of alkyl halides is 3. The fraction of sp³-hybridized carbons (Fsp3) is 0.111. The molecule has 0 atom stereocenters. The second-order valence-corrected chi connectivity index (χ2v) is 5.32. The van der Waals surface area contributed by atoms with Gasteiger partial charge in [-0.25, -0.2) is 8.78 Å². The molecular weight excluding hydrogens is 355 g/mol. The Morgan fingerprint density at radius 2 is 1.38 bits per heavy atom. The molecule has 2 aromatic heterocycles. The van der Waals surface area contributed by atoms with Crippen LogP contribution in [0.25, 0.3) is 22.5 Å². The summed E-state index contributed by atoms with van der Waals surface area (Å²) in [6, 6.07) is 6.12.